The van der Waals surface area contributed by atoms with Crippen molar-refractivity contribution in [1.29, 1.82) is 0 Å². The summed E-state index contributed by atoms with van der Waals surface area (Å²) in [7, 11) is 0. The van der Waals surface area contributed by atoms with Crippen LogP contribution < -0.4 is 0 Å². The first kappa shape index (κ1) is 9.30. The van der Waals surface area contributed by atoms with E-state index in [-0.39, 0.29) is 0 Å². The highest BCUT2D eigenvalue weighted by Gasteiger charge is 2.05. The van der Waals surface area contributed by atoms with E-state index in [1.165, 1.54) is 0 Å². The first-order valence-electron chi connectivity index (χ1n) is 4.74. The summed E-state index contributed by atoms with van der Waals surface area (Å²) >= 11 is 6.02. The third-order valence-electron chi connectivity index (χ3n) is 2.32. The van der Waals surface area contributed by atoms with Crippen molar-refractivity contribution in [3.8, 4) is 11.1 Å². The van der Waals surface area contributed by atoms with Crippen molar-refractivity contribution in [2.24, 2.45) is 0 Å². The van der Waals surface area contributed by atoms with E-state index in [0.717, 1.165) is 11.1 Å². The van der Waals surface area contributed by atoms with E-state index in [1.54, 1.807) is 18.6 Å². The minimum absolute atomic E-state index is 0.476. The molecule has 0 atom stereocenters. The van der Waals surface area contributed by atoms with Gasteiger partial charge in [-0.25, -0.2) is 15.0 Å². The molecule has 0 saturated heterocycles. The average molecular weight is 231 g/mol. The van der Waals surface area contributed by atoms with Gasteiger partial charge in [-0.15, -0.1) is 0 Å². The minimum Gasteiger partial charge on any atom is -0.291 e. The number of halogens is 1. The molecule has 3 aromatic heterocycles. The zero-order valence-electron chi connectivity index (χ0n) is 8.21. The normalized spacial score (nSPS) is 10.8. The van der Waals surface area contributed by atoms with Crippen LogP contribution in [0.3, 0.4) is 0 Å². The molecule has 0 aliphatic carbocycles. The zero-order valence-corrected chi connectivity index (χ0v) is 8.96. The summed E-state index contributed by atoms with van der Waals surface area (Å²) in [6.07, 6.45) is 8.88. The number of imidazole rings is 1. The molecular formula is C11H7ClN4. The summed E-state index contributed by atoms with van der Waals surface area (Å²) in [5.41, 5.74) is 1.79. The van der Waals surface area contributed by atoms with Crippen molar-refractivity contribution in [1.82, 2.24) is 19.4 Å². The molecule has 78 valence electrons. The molecule has 0 fully saturated rings. The topological polar surface area (TPSA) is 43.1 Å². The van der Waals surface area contributed by atoms with E-state index >= 15 is 0 Å². The van der Waals surface area contributed by atoms with Crippen LogP contribution in [-0.4, -0.2) is 19.4 Å². The molecule has 0 spiro atoms. The lowest BCUT2D eigenvalue weighted by atomic mass is 10.1. The Bertz CT molecular complexity index is 647. The van der Waals surface area contributed by atoms with Gasteiger partial charge in [0, 0.05) is 42.1 Å². The van der Waals surface area contributed by atoms with Gasteiger partial charge < -0.3 is 0 Å². The fourth-order valence-corrected chi connectivity index (χ4v) is 1.79. The van der Waals surface area contributed by atoms with E-state index in [4.69, 9.17) is 11.6 Å². The third-order valence-corrected chi connectivity index (χ3v) is 2.62. The smallest absolute Gasteiger partial charge is 0.233 e. The van der Waals surface area contributed by atoms with E-state index in [0.29, 0.717) is 10.9 Å². The maximum atomic E-state index is 6.02. The number of nitrogens with zero attached hydrogens (tertiary/aromatic N) is 4. The molecule has 0 aromatic carbocycles. The Labute approximate surface area is 96.6 Å². The Hall–Kier alpha value is -1.94. The fourth-order valence-electron chi connectivity index (χ4n) is 1.56. The van der Waals surface area contributed by atoms with Gasteiger partial charge in [0.25, 0.3) is 0 Å². The predicted molar refractivity (Wildman–Crippen MR) is 61.2 cm³/mol. The molecule has 0 aliphatic heterocycles. The molecule has 3 rings (SSSR count). The lowest BCUT2D eigenvalue weighted by Gasteiger charge is -2.03. The maximum absolute atomic E-state index is 6.02. The fraction of sp³-hybridized carbons (Fsp3) is 0. The van der Waals surface area contributed by atoms with Gasteiger partial charge in [0.15, 0.2) is 0 Å². The van der Waals surface area contributed by atoms with Crippen molar-refractivity contribution in [2.75, 3.05) is 0 Å². The highest BCUT2D eigenvalue weighted by Crippen LogP contribution is 2.24. The summed E-state index contributed by atoms with van der Waals surface area (Å²) in [6.45, 7) is 0. The first-order valence-corrected chi connectivity index (χ1v) is 5.12. The number of hydrogen-bond donors (Lipinski definition) is 0. The highest BCUT2D eigenvalue weighted by atomic mass is 35.5. The van der Waals surface area contributed by atoms with E-state index in [2.05, 4.69) is 15.0 Å². The Morgan fingerprint density at radius 3 is 2.94 bits per heavy atom. The summed E-state index contributed by atoms with van der Waals surface area (Å²) in [5, 5.41) is 0.476. The molecule has 0 bridgehead atoms. The average Bonchev–Trinajstić information content (AvgIpc) is 2.76. The molecule has 0 amide bonds. The zero-order chi connectivity index (χ0) is 11.0. The van der Waals surface area contributed by atoms with Crippen LogP contribution in [0.5, 0.6) is 0 Å². The van der Waals surface area contributed by atoms with Crippen LogP contribution in [0.25, 0.3) is 16.9 Å². The Balaban J connectivity index is 2.22. The number of fused-ring (bicyclic) bond motifs is 1. The summed E-state index contributed by atoms with van der Waals surface area (Å²) < 4.78 is 1.85. The molecule has 0 unspecified atom stereocenters. The highest BCUT2D eigenvalue weighted by molar-refractivity contribution is 6.32. The molecule has 0 aliphatic rings. The van der Waals surface area contributed by atoms with E-state index in [9.17, 15) is 0 Å². The van der Waals surface area contributed by atoms with Crippen molar-refractivity contribution in [3.63, 3.8) is 0 Å². The SMILES string of the molecule is Clc1ncccc1-c1cnc2nccn2c1. The third kappa shape index (κ3) is 1.44. The van der Waals surface area contributed by atoms with Gasteiger partial charge in [0.1, 0.15) is 5.15 Å². The number of aromatic nitrogens is 4. The van der Waals surface area contributed by atoms with Crippen LogP contribution in [0.2, 0.25) is 5.15 Å². The Kier molecular flexibility index (Phi) is 2.08. The van der Waals surface area contributed by atoms with E-state index < -0.39 is 0 Å². The number of rotatable bonds is 1. The summed E-state index contributed by atoms with van der Waals surface area (Å²) in [4.78, 5) is 12.3. The monoisotopic (exact) mass is 230 g/mol. The van der Waals surface area contributed by atoms with Gasteiger partial charge in [-0.2, -0.15) is 0 Å². The van der Waals surface area contributed by atoms with Crippen molar-refractivity contribution in [2.45, 2.75) is 0 Å². The summed E-state index contributed by atoms with van der Waals surface area (Å²) in [6, 6.07) is 3.76. The second-order valence-electron chi connectivity index (χ2n) is 3.32. The molecule has 4 nitrogen and oxygen atoms in total. The Morgan fingerprint density at radius 1 is 1.12 bits per heavy atom. The number of pyridine rings is 1. The predicted octanol–water partition coefficient (Wildman–Crippen LogP) is 2.44. The van der Waals surface area contributed by atoms with Crippen LogP contribution in [0, 0.1) is 0 Å². The second kappa shape index (κ2) is 3.57. The quantitative estimate of drug-likeness (QED) is 0.603. The maximum Gasteiger partial charge on any atom is 0.233 e. The summed E-state index contributed by atoms with van der Waals surface area (Å²) in [5.74, 6) is 0.670. The van der Waals surface area contributed by atoms with Crippen LogP contribution in [-0.2, 0) is 0 Å². The van der Waals surface area contributed by atoms with Crippen molar-refractivity contribution in [3.05, 3.63) is 48.3 Å². The molecule has 5 heteroatoms. The van der Waals surface area contributed by atoms with Gasteiger partial charge in [-0.1, -0.05) is 11.6 Å². The minimum atomic E-state index is 0.476. The van der Waals surface area contributed by atoms with Crippen LogP contribution in [0.4, 0.5) is 0 Å². The molecule has 0 saturated carbocycles. The van der Waals surface area contributed by atoms with Crippen molar-refractivity contribution >= 4 is 17.4 Å². The molecule has 3 aromatic rings. The van der Waals surface area contributed by atoms with Gasteiger partial charge in [0.2, 0.25) is 5.78 Å². The lowest BCUT2D eigenvalue weighted by Crippen LogP contribution is -1.90. The standard InChI is InChI=1S/C11H7ClN4/c12-10-9(2-1-3-13-10)8-6-15-11-14-4-5-16(11)7-8/h1-7H. The van der Waals surface area contributed by atoms with Crippen LogP contribution >= 0.6 is 11.6 Å². The second-order valence-corrected chi connectivity index (χ2v) is 3.68. The van der Waals surface area contributed by atoms with Gasteiger partial charge in [-0.3, -0.25) is 4.40 Å². The first-order chi connectivity index (χ1) is 7.84. The van der Waals surface area contributed by atoms with E-state index in [1.807, 2.05) is 28.9 Å². The molecule has 3 heterocycles. The molecular weight excluding hydrogens is 224 g/mol. The van der Waals surface area contributed by atoms with Crippen LogP contribution in [0.15, 0.2) is 43.1 Å². The van der Waals surface area contributed by atoms with Gasteiger partial charge in [0.05, 0.1) is 0 Å². The Morgan fingerprint density at radius 2 is 2.06 bits per heavy atom. The van der Waals surface area contributed by atoms with Gasteiger partial charge >= 0.3 is 0 Å². The number of hydrogen-bond acceptors (Lipinski definition) is 3. The molecule has 0 N–H and O–H groups in total. The molecule has 16 heavy (non-hydrogen) atoms. The van der Waals surface area contributed by atoms with Crippen LogP contribution in [0.1, 0.15) is 0 Å². The molecule has 0 radical (unpaired) electrons. The van der Waals surface area contributed by atoms with Crippen molar-refractivity contribution < 1.29 is 0 Å². The van der Waals surface area contributed by atoms with Gasteiger partial charge in [-0.05, 0) is 12.1 Å². The largest absolute Gasteiger partial charge is 0.291 e. The lowest BCUT2D eigenvalue weighted by molar-refractivity contribution is 1.11.